The van der Waals surface area contributed by atoms with Gasteiger partial charge in [0.15, 0.2) is 11.6 Å². The zero-order valence-corrected chi connectivity index (χ0v) is 20.6. The Morgan fingerprint density at radius 1 is 1.09 bits per heavy atom. The van der Waals surface area contributed by atoms with Crippen LogP contribution in [0.2, 0.25) is 0 Å². The SMILES string of the molecule is COCCN(Cc1c(C)nn(-c2ccc(F)cc2)c1Oc1ccccc1F)C[C@H](O)COC(C)C. The van der Waals surface area contributed by atoms with Crippen molar-refractivity contribution in [2.75, 3.05) is 33.4 Å². The summed E-state index contributed by atoms with van der Waals surface area (Å²) in [5, 5.41) is 15.1. The number of ether oxygens (including phenoxy) is 3. The van der Waals surface area contributed by atoms with Crippen molar-refractivity contribution in [1.29, 1.82) is 0 Å². The van der Waals surface area contributed by atoms with Gasteiger partial charge in [0.1, 0.15) is 5.82 Å². The molecule has 1 aromatic heterocycles. The van der Waals surface area contributed by atoms with Gasteiger partial charge < -0.3 is 19.3 Å². The van der Waals surface area contributed by atoms with E-state index >= 15 is 0 Å². The predicted octanol–water partition coefficient (Wildman–Crippen LogP) is 4.49. The molecule has 0 aliphatic rings. The third-order valence-electron chi connectivity index (χ3n) is 5.34. The molecule has 1 N–H and O–H groups in total. The Morgan fingerprint density at radius 3 is 2.46 bits per heavy atom. The number of halogens is 2. The van der Waals surface area contributed by atoms with E-state index in [1.54, 1.807) is 31.4 Å². The van der Waals surface area contributed by atoms with Crippen LogP contribution in [0.15, 0.2) is 48.5 Å². The normalized spacial score (nSPS) is 12.5. The van der Waals surface area contributed by atoms with Gasteiger partial charge in [0, 0.05) is 26.7 Å². The zero-order chi connectivity index (χ0) is 25.4. The number of hydrogen-bond acceptors (Lipinski definition) is 6. The number of benzene rings is 2. The monoisotopic (exact) mass is 489 g/mol. The van der Waals surface area contributed by atoms with Crippen LogP contribution in [0, 0.1) is 18.6 Å². The van der Waals surface area contributed by atoms with Crippen LogP contribution >= 0.6 is 0 Å². The Kier molecular flexibility index (Phi) is 9.73. The lowest BCUT2D eigenvalue weighted by Crippen LogP contribution is -2.37. The maximum absolute atomic E-state index is 14.5. The van der Waals surface area contributed by atoms with Gasteiger partial charge in [-0.2, -0.15) is 5.10 Å². The van der Waals surface area contributed by atoms with Crippen molar-refractivity contribution in [3.05, 3.63) is 71.4 Å². The lowest BCUT2D eigenvalue weighted by Gasteiger charge is -2.25. The fourth-order valence-corrected chi connectivity index (χ4v) is 3.55. The maximum atomic E-state index is 14.5. The van der Waals surface area contributed by atoms with Crippen molar-refractivity contribution in [2.45, 2.75) is 39.5 Å². The number of para-hydroxylation sites is 1. The number of methoxy groups -OCH3 is 1. The Labute approximate surface area is 204 Å². The molecule has 0 amide bonds. The molecule has 3 rings (SSSR count). The van der Waals surface area contributed by atoms with E-state index in [4.69, 9.17) is 14.2 Å². The zero-order valence-electron chi connectivity index (χ0n) is 20.6. The molecule has 0 saturated heterocycles. The van der Waals surface area contributed by atoms with Gasteiger partial charge in [-0.25, -0.2) is 13.5 Å². The van der Waals surface area contributed by atoms with E-state index in [-0.39, 0.29) is 24.3 Å². The Bertz CT molecular complexity index is 1070. The van der Waals surface area contributed by atoms with E-state index in [1.165, 1.54) is 28.9 Å². The highest BCUT2D eigenvalue weighted by atomic mass is 19.1. The molecule has 9 heteroatoms. The second kappa shape index (κ2) is 12.7. The summed E-state index contributed by atoms with van der Waals surface area (Å²) in [4.78, 5) is 2.01. The number of aromatic nitrogens is 2. The largest absolute Gasteiger partial charge is 0.435 e. The third-order valence-corrected chi connectivity index (χ3v) is 5.34. The van der Waals surface area contributed by atoms with Crippen LogP contribution in [0.4, 0.5) is 8.78 Å². The van der Waals surface area contributed by atoms with Crippen molar-refractivity contribution in [3.63, 3.8) is 0 Å². The van der Waals surface area contributed by atoms with E-state index in [0.29, 0.717) is 49.1 Å². The van der Waals surface area contributed by atoms with Gasteiger partial charge in [0.25, 0.3) is 0 Å². The van der Waals surface area contributed by atoms with Crippen molar-refractivity contribution in [1.82, 2.24) is 14.7 Å². The van der Waals surface area contributed by atoms with E-state index in [9.17, 15) is 13.9 Å². The maximum Gasteiger partial charge on any atom is 0.227 e. The van der Waals surface area contributed by atoms with Crippen molar-refractivity contribution in [2.24, 2.45) is 0 Å². The number of hydrogen-bond donors (Lipinski definition) is 1. The van der Waals surface area contributed by atoms with Gasteiger partial charge in [0.2, 0.25) is 5.88 Å². The molecule has 0 saturated carbocycles. The van der Waals surface area contributed by atoms with Gasteiger partial charge in [-0.15, -0.1) is 0 Å². The van der Waals surface area contributed by atoms with Crippen LogP contribution in [0.3, 0.4) is 0 Å². The second-order valence-corrected chi connectivity index (χ2v) is 8.55. The minimum absolute atomic E-state index is 0.00836. The molecule has 0 spiro atoms. The highest BCUT2D eigenvalue weighted by Gasteiger charge is 2.23. The summed E-state index contributed by atoms with van der Waals surface area (Å²) in [5.41, 5.74) is 1.95. The molecule has 1 heterocycles. The molecule has 0 bridgehead atoms. The molecule has 0 radical (unpaired) electrons. The summed E-state index contributed by atoms with van der Waals surface area (Å²) < 4.78 is 46.4. The van der Waals surface area contributed by atoms with Crippen LogP contribution in [0.25, 0.3) is 5.69 Å². The van der Waals surface area contributed by atoms with Crippen molar-refractivity contribution >= 4 is 0 Å². The van der Waals surface area contributed by atoms with Crippen LogP contribution in [-0.2, 0) is 16.0 Å². The number of aliphatic hydroxyl groups excluding tert-OH is 1. The van der Waals surface area contributed by atoms with Gasteiger partial charge in [-0.05, 0) is 57.2 Å². The Balaban J connectivity index is 1.96. The van der Waals surface area contributed by atoms with Crippen molar-refractivity contribution in [3.8, 4) is 17.3 Å². The minimum atomic E-state index is -0.711. The highest BCUT2D eigenvalue weighted by molar-refractivity contribution is 5.43. The highest BCUT2D eigenvalue weighted by Crippen LogP contribution is 2.32. The third kappa shape index (κ3) is 7.57. The fourth-order valence-electron chi connectivity index (χ4n) is 3.55. The molecule has 35 heavy (non-hydrogen) atoms. The Morgan fingerprint density at radius 2 is 1.80 bits per heavy atom. The minimum Gasteiger partial charge on any atom is -0.435 e. The molecule has 0 aliphatic heterocycles. The topological polar surface area (TPSA) is 69.0 Å². The quantitative estimate of drug-likeness (QED) is 0.382. The molecule has 0 unspecified atom stereocenters. The summed E-state index contributed by atoms with van der Waals surface area (Å²) in [6.07, 6.45) is -0.702. The molecule has 190 valence electrons. The average molecular weight is 490 g/mol. The van der Waals surface area contributed by atoms with Crippen LogP contribution < -0.4 is 4.74 Å². The summed E-state index contributed by atoms with van der Waals surface area (Å²) >= 11 is 0. The first-order chi connectivity index (χ1) is 16.8. The van der Waals surface area contributed by atoms with Crippen molar-refractivity contribution < 1.29 is 28.1 Å². The summed E-state index contributed by atoms with van der Waals surface area (Å²) in [7, 11) is 1.61. The number of nitrogens with zero attached hydrogens (tertiary/aromatic N) is 3. The first kappa shape index (κ1) is 26.7. The summed E-state index contributed by atoms with van der Waals surface area (Å²) in [5.74, 6) is -0.529. The molecule has 1 atom stereocenters. The smallest absolute Gasteiger partial charge is 0.227 e. The van der Waals surface area contributed by atoms with E-state index in [0.717, 1.165) is 0 Å². The number of aryl methyl sites for hydroxylation is 1. The average Bonchev–Trinajstić information content (AvgIpc) is 3.13. The van der Waals surface area contributed by atoms with Gasteiger partial charge in [-0.3, -0.25) is 4.90 Å². The van der Waals surface area contributed by atoms with Gasteiger partial charge in [-0.1, -0.05) is 12.1 Å². The lowest BCUT2D eigenvalue weighted by atomic mass is 10.2. The van der Waals surface area contributed by atoms with Gasteiger partial charge in [0.05, 0.1) is 42.4 Å². The summed E-state index contributed by atoms with van der Waals surface area (Å²) in [6.45, 7) is 7.53. The number of aliphatic hydroxyl groups is 1. The standard InChI is InChI=1S/C26H33F2N3O4/c1-18(2)34-17-22(32)15-30(13-14-33-4)16-23-19(3)29-31(21-11-9-20(27)10-12-21)26(23)35-25-8-6-5-7-24(25)28/h5-12,18,22,32H,13-17H2,1-4H3/t22-/m0/s1. The molecule has 7 nitrogen and oxygen atoms in total. The molecule has 0 aliphatic carbocycles. The molecule has 3 aromatic rings. The molecular weight excluding hydrogens is 456 g/mol. The second-order valence-electron chi connectivity index (χ2n) is 8.55. The van der Waals surface area contributed by atoms with E-state index in [1.807, 2.05) is 25.7 Å². The van der Waals surface area contributed by atoms with Crippen LogP contribution in [-0.4, -0.2) is 65.4 Å². The van der Waals surface area contributed by atoms with E-state index in [2.05, 4.69) is 5.10 Å². The first-order valence-corrected chi connectivity index (χ1v) is 11.6. The van der Waals surface area contributed by atoms with E-state index < -0.39 is 11.9 Å². The number of rotatable bonds is 13. The molecule has 0 fully saturated rings. The first-order valence-electron chi connectivity index (χ1n) is 11.6. The predicted molar refractivity (Wildman–Crippen MR) is 129 cm³/mol. The Hall–Kier alpha value is -2.85. The van der Waals surface area contributed by atoms with Crippen LogP contribution in [0.1, 0.15) is 25.1 Å². The fraction of sp³-hybridized carbons (Fsp3) is 0.423. The van der Waals surface area contributed by atoms with Gasteiger partial charge >= 0.3 is 0 Å². The summed E-state index contributed by atoms with van der Waals surface area (Å²) in [6, 6.07) is 11.9. The lowest BCUT2D eigenvalue weighted by molar-refractivity contribution is -0.0122. The molecule has 2 aromatic carbocycles. The van der Waals surface area contributed by atoms with Crippen LogP contribution in [0.5, 0.6) is 11.6 Å². The molecular formula is C26H33F2N3O4.